The maximum atomic E-state index is 4.28. The van der Waals surface area contributed by atoms with E-state index in [1.54, 1.807) is 0 Å². The van der Waals surface area contributed by atoms with Gasteiger partial charge >= 0.3 is 114 Å². The summed E-state index contributed by atoms with van der Waals surface area (Å²) in [6.07, 6.45) is 6.79. The molecule has 0 radical (unpaired) electrons. The summed E-state index contributed by atoms with van der Waals surface area (Å²) < 4.78 is 8.43. The standard InChI is InChI=1S/C12H25BrN3P/c13-17(14-7-1-2-8-14,15-9-3-4-10-15)16-11-5-6-12-16/h17H,1-12H2. The van der Waals surface area contributed by atoms with Crippen molar-refractivity contribution >= 4 is 21.9 Å². The van der Waals surface area contributed by atoms with E-state index < -0.39 is 6.42 Å². The van der Waals surface area contributed by atoms with Crippen LogP contribution < -0.4 is 0 Å². The molecule has 3 heterocycles. The minimum atomic E-state index is -1.64. The predicted octanol–water partition coefficient (Wildman–Crippen LogP) is 3.08. The second-order valence-corrected chi connectivity index (χ2v) is 11.8. The minimum absolute atomic E-state index is 1.32. The van der Waals surface area contributed by atoms with E-state index in [4.69, 9.17) is 0 Å². The molecule has 0 aromatic carbocycles. The van der Waals surface area contributed by atoms with Crippen molar-refractivity contribution in [2.24, 2.45) is 0 Å². The van der Waals surface area contributed by atoms with Crippen LogP contribution in [0.15, 0.2) is 0 Å². The Bertz CT molecular complexity index is 218. The molecule has 0 unspecified atom stereocenters. The third-order valence-electron chi connectivity index (χ3n) is 4.53. The molecule has 0 N–H and O–H groups in total. The zero-order chi connectivity index (χ0) is 11.7. The first-order valence-corrected chi connectivity index (χ1v) is 11.4. The summed E-state index contributed by atoms with van der Waals surface area (Å²) in [6.45, 7) is 7.94. The van der Waals surface area contributed by atoms with Gasteiger partial charge in [-0.1, -0.05) is 0 Å². The van der Waals surface area contributed by atoms with Crippen molar-refractivity contribution < 1.29 is 0 Å². The Balaban J connectivity index is 1.81. The first-order valence-electron chi connectivity index (χ1n) is 7.26. The zero-order valence-electron chi connectivity index (χ0n) is 10.7. The van der Waals surface area contributed by atoms with Crippen LogP contribution in [-0.2, 0) is 0 Å². The normalized spacial score (nSPS) is 30.4. The number of halogens is 1. The van der Waals surface area contributed by atoms with Crippen LogP contribution in [-0.4, -0.2) is 53.3 Å². The third-order valence-corrected chi connectivity index (χ3v) is 12.8. The molecular weight excluding hydrogens is 297 g/mol. The van der Waals surface area contributed by atoms with Gasteiger partial charge in [-0.05, 0) is 0 Å². The molecule has 0 aromatic heterocycles. The molecule has 3 aliphatic rings. The van der Waals surface area contributed by atoms with Gasteiger partial charge in [0.15, 0.2) is 0 Å². The number of hydrogen-bond donors (Lipinski definition) is 0. The monoisotopic (exact) mass is 321 g/mol. The van der Waals surface area contributed by atoms with Crippen molar-refractivity contribution in [1.29, 1.82) is 0 Å². The van der Waals surface area contributed by atoms with Gasteiger partial charge in [0, 0.05) is 0 Å². The molecule has 0 aromatic rings. The number of rotatable bonds is 3. The average Bonchev–Trinajstić information content (AvgIpc) is 3.10. The van der Waals surface area contributed by atoms with E-state index in [9.17, 15) is 0 Å². The second kappa shape index (κ2) is 5.42. The molecule has 0 saturated carbocycles. The molecule has 3 saturated heterocycles. The molecule has 3 rings (SSSR count). The van der Waals surface area contributed by atoms with Crippen molar-refractivity contribution in [3.63, 3.8) is 0 Å². The van der Waals surface area contributed by atoms with Crippen molar-refractivity contribution in [2.45, 2.75) is 38.5 Å². The van der Waals surface area contributed by atoms with Crippen LogP contribution in [0.4, 0.5) is 0 Å². The first kappa shape index (κ1) is 12.8. The summed E-state index contributed by atoms with van der Waals surface area (Å²) in [5, 5.41) is 0. The fraction of sp³-hybridized carbons (Fsp3) is 1.00. The second-order valence-electron chi connectivity index (χ2n) is 5.64. The quantitative estimate of drug-likeness (QED) is 0.740. The van der Waals surface area contributed by atoms with Crippen LogP contribution in [0.25, 0.3) is 0 Å². The molecule has 0 atom stereocenters. The summed E-state index contributed by atoms with van der Waals surface area (Å²) in [6, 6.07) is 0. The Labute approximate surface area is 114 Å². The fourth-order valence-corrected chi connectivity index (χ4v) is 10.7. The summed E-state index contributed by atoms with van der Waals surface area (Å²) >= 11 is 4.28. The van der Waals surface area contributed by atoms with Crippen LogP contribution >= 0.6 is 21.9 Å². The van der Waals surface area contributed by atoms with Crippen LogP contribution in [0, 0.1) is 0 Å². The molecule has 0 bridgehead atoms. The SMILES string of the molecule is Br[PH](N1CCCC1)(N1CCCC1)N1CCCC1. The van der Waals surface area contributed by atoms with Crippen LogP contribution in [0.5, 0.6) is 0 Å². The van der Waals surface area contributed by atoms with Crippen molar-refractivity contribution in [3.8, 4) is 0 Å². The third kappa shape index (κ3) is 2.32. The van der Waals surface area contributed by atoms with Crippen molar-refractivity contribution in [1.82, 2.24) is 14.0 Å². The molecule has 0 spiro atoms. The molecule has 0 amide bonds. The molecule has 3 aliphatic heterocycles. The van der Waals surface area contributed by atoms with Gasteiger partial charge in [0.1, 0.15) is 0 Å². The Hall–Kier alpha value is 0.790. The van der Waals surface area contributed by atoms with Gasteiger partial charge in [-0.2, -0.15) is 0 Å². The summed E-state index contributed by atoms with van der Waals surface area (Å²) in [5.74, 6) is 0. The Morgan fingerprint density at radius 2 is 0.765 bits per heavy atom. The molecule has 17 heavy (non-hydrogen) atoms. The Morgan fingerprint density at radius 3 is 1.00 bits per heavy atom. The van der Waals surface area contributed by atoms with Gasteiger partial charge in [-0.15, -0.1) is 0 Å². The van der Waals surface area contributed by atoms with Gasteiger partial charge in [0.25, 0.3) is 0 Å². The zero-order valence-corrected chi connectivity index (χ0v) is 13.3. The maximum absolute atomic E-state index is 4.28. The van der Waals surface area contributed by atoms with Gasteiger partial charge in [-0.3, -0.25) is 0 Å². The van der Waals surface area contributed by atoms with E-state index in [-0.39, 0.29) is 0 Å². The van der Waals surface area contributed by atoms with Crippen LogP contribution in [0.2, 0.25) is 0 Å². The Morgan fingerprint density at radius 1 is 0.529 bits per heavy atom. The summed E-state index contributed by atoms with van der Waals surface area (Å²) in [4.78, 5) is 0. The van der Waals surface area contributed by atoms with Crippen LogP contribution in [0.1, 0.15) is 38.5 Å². The molecule has 0 aliphatic carbocycles. The van der Waals surface area contributed by atoms with Gasteiger partial charge in [0.2, 0.25) is 0 Å². The molecule has 5 heteroatoms. The number of hydrogen-bond acceptors (Lipinski definition) is 3. The summed E-state index contributed by atoms with van der Waals surface area (Å²) in [5.41, 5.74) is 0. The van der Waals surface area contributed by atoms with Crippen molar-refractivity contribution in [2.75, 3.05) is 39.3 Å². The molecule has 3 fully saturated rings. The van der Waals surface area contributed by atoms with E-state index in [2.05, 4.69) is 29.5 Å². The fourth-order valence-electron chi connectivity index (χ4n) is 3.60. The average molecular weight is 322 g/mol. The topological polar surface area (TPSA) is 9.72 Å². The Kier molecular flexibility index (Phi) is 4.08. The summed E-state index contributed by atoms with van der Waals surface area (Å²) in [7, 11) is 0. The van der Waals surface area contributed by atoms with E-state index in [1.165, 1.54) is 77.8 Å². The van der Waals surface area contributed by atoms with E-state index in [0.29, 0.717) is 0 Å². The van der Waals surface area contributed by atoms with E-state index in [1.807, 2.05) is 0 Å². The van der Waals surface area contributed by atoms with E-state index >= 15 is 0 Å². The van der Waals surface area contributed by atoms with Gasteiger partial charge in [-0.25, -0.2) is 0 Å². The first-order chi connectivity index (χ1) is 8.32. The van der Waals surface area contributed by atoms with Gasteiger partial charge in [0.05, 0.1) is 0 Å². The molecule has 3 nitrogen and oxygen atoms in total. The van der Waals surface area contributed by atoms with Crippen LogP contribution in [0.3, 0.4) is 0 Å². The number of nitrogens with zero attached hydrogens (tertiary/aromatic N) is 3. The van der Waals surface area contributed by atoms with E-state index in [0.717, 1.165) is 0 Å². The molecule has 100 valence electrons. The predicted molar refractivity (Wildman–Crippen MR) is 79.7 cm³/mol. The van der Waals surface area contributed by atoms with Gasteiger partial charge < -0.3 is 0 Å². The van der Waals surface area contributed by atoms with Crippen molar-refractivity contribution in [3.05, 3.63) is 0 Å². The molecular formula is C12H25BrN3P.